The standard InChI is InChI=1S/C29H33ClN4O3.C4H10/c1-18-16-37-17-24(13-19(2)35)34(18)23-10-7-20(8-11-23)28(32)25-14-21(9-12-27(25)31)29(36)33-15-22-5-3-4-6-26(22)30;1-4(2)3/h3-12,14,18-19,24,32,35H,13,15-17,31H2,1-2H3,(H,33,36);4H,1-3H3. The molecule has 1 heterocycles. The highest BCUT2D eigenvalue weighted by molar-refractivity contribution is 6.31. The average Bonchev–Trinajstić information content (AvgIpc) is 2.92. The number of rotatable bonds is 8. The number of nitrogen functional groups attached to an aromatic ring is 1. The molecular weight excluding hydrogens is 536 g/mol. The highest BCUT2D eigenvalue weighted by Gasteiger charge is 2.29. The lowest BCUT2D eigenvalue weighted by Crippen LogP contribution is -2.52. The number of halogens is 1. The van der Waals surface area contributed by atoms with Crippen molar-refractivity contribution in [1.82, 2.24) is 5.32 Å². The van der Waals surface area contributed by atoms with Gasteiger partial charge in [-0.2, -0.15) is 0 Å². The zero-order valence-electron chi connectivity index (χ0n) is 24.7. The molecule has 3 aromatic carbocycles. The van der Waals surface area contributed by atoms with Crippen molar-refractivity contribution >= 4 is 34.6 Å². The Bertz CT molecular complexity index is 1310. The van der Waals surface area contributed by atoms with E-state index in [1.807, 2.05) is 42.5 Å². The fourth-order valence-electron chi connectivity index (χ4n) is 4.72. The molecule has 1 saturated heterocycles. The van der Waals surface area contributed by atoms with Gasteiger partial charge in [-0.3, -0.25) is 10.2 Å². The van der Waals surface area contributed by atoms with Crippen LogP contribution in [0.2, 0.25) is 5.02 Å². The van der Waals surface area contributed by atoms with Crippen molar-refractivity contribution in [1.29, 1.82) is 5.41 Å². The summed E-state index contributed by atoms with van der Waals surface area (Å²) in [6.07, 6.45) is 0.190. The van der Waals surface area contributed by atoms with E-state index in [-0.39, 0.29) is 23.7 Å². The summed E-state index contributed by atoms with van der Waals surface area (Å²) in [4.78, 5) is 15.1. The van der Waals surface area contributed by atoms with Gasteiger partial charge in [0.1, 0.15) is 0 Å². The topological polar surface area (TPSA) is 112 Å². The maximum absolute atomic E-state index is 12.8. The normalized spacial score (nSPS) is 17.4. The molecule has 0 radical (unpaired) electrons. The zero-order chi connectivity index (χ0) is 30.1. The lowest BCUT2D eigenvalue weighted by molar-refractivity contribution is 0.0530. The number of morpholine rings is 1. The molecule has 7 nitrogen and oxygen atoms in total. The Morgan fingerprint density at radius 2 is 1.71 bits per heavy atom. The summed E-state index contributed by atoms with van der Waals surface area (Å²) in [5, 5.41) is 22.2. The highest BCUT2D eigenvalue weighted by Crippen LogP contribution is 2.28. The molecule has 0 bridgehead atoms. The van der Waals surface area contributed by atoms with Crippen molar-refractivity contribution in [3.8, 4) is 0 Å². The van der Waals surface area contributed by atoms with Crippen molar-refractivity contribution in [2.75, 3.05) is 23.8 Å². The predicted octanol–water partition coefficient (Wildman–Crippen LogP) is 6.30. The van der Waals surface area contributed by atoms with Gasteiger partial charge in [0.2, 0.25) is 0 Å². The number of carbonyl (C=O) groups excluding carboxylic acids is 1. The van der Waals surface area contributed by atoms with Gasteiger partial charge < -0.3 is 25.8 Å². The van der Waals surface area contributed by atoms with Crippen molar-refractivity contribution in [3.63, 3.8) is 0 Å². The van der Waals surface area contributed by atoms with E-state index >= 15 is 0 Å². The van der Waals surface area contributed by atoms with Crippen LogP contribution >= 0.6 is 11.6 Å². The first kappa shape index (κ1) is 32.1. The molecule has 3 aromatic rings. The van der Waals surface area contributed by atoms with Gasteiger partial charge in [-0.15, -0.1) is 0 Å². The molecule has 1 fully saturated rings. The second kappa shape index (κ2) is 15.0. The summed E-state index contributed by atoms with van der Waals surface area (Å²) < 4.78 is 5.72. The van der Waals surface area contributed by atoms with Crippen LogP contribution in [0.1, 0.15) is 68.1 Å². The SMILES string of the molecule is CC(C)C.CC(O)CC1COCC(C)N1c1ccc(C(=N)c2cc(C(=O)NCc3ccccc3Cl)ccc2N)cc1. The number of aliphatic hydroxyl groups excluding tert-OH is 1. The van der Waals surface area contributed by atoms with E-state index in [1.165, 1.54) is 0 Å². The number of hydrogen-bond donors (Lipinski definition) is 4. The molecule has 8 heteroatoms. The summed E-state index contributed by atoms with van der Waals surface area (Å²) in [5.74, 6) is 0.565. The van der Waals surface area contributed by atoms with E-state index in [9.17, 15) is 9.90 Å². The molecule has 1 amide bonds. The van der Waals surface area contributed by atoms with Crippen LogP contribution in [0.3, 0.4) is 0 Å². The quantitative estimate of drug-likeness (QED) is 0.185. The van der Waals surface area contributed by atoms with Crippen molar-refractivity contribution in [3.05, 3.63) is 94.0 Å². The third-order valence-electron chi connectivity index (χ3n) is 6.59. The molecule has 5 N–H and O–H groups in total. The van der Waals surface area contributed by atoms with Crippen molar-refractivity contribution in [2.45, 2.75) is 65.8 Å². The van der Waals surface area contributed by atoms with Crippen molar-refractivity contribution in [2.24, 2.45) is 5.92 Å². The van der Waals surface area contributed by atoms with Crippen LogP contribution in [-0.4, -0.2) is 48.1 Å². The average molecular weight is 579 g/mol. The summed E-state index contributed by atoms with van der Waals surface area (Å²) in [6, 6.07) is 20.3. The van der Waals surface area contributed by atoms with Crippen LogP contribution in [0.4, 0.5) is 11.4 Å². The van der Waals surface area contributed by atoms with E-state index in [2.05, 4.69) is 37.9 Å². The number of nitrogens with two attached hydrogens (primary N) is 1. The van der Waals surface area contributed by atoms with Crippen LogP contribution in [0, 0.1) is 11.3 Å². The largest absolute Gasteiger partial charge is 0.398 e. The number of nitrogens with zero attached hydrogens (tertiary/aromatic N) is 1. The molecule has 220 valence electrons. The summed E-state index contributed by atoms with van der Waals surface area (Å²) in [6.45, 7) is 11.9. The van der Waals surface area contributed by atoms with E-state index in [1.54, 1.807) is 31.2 Å². The van der Waals surface area contributed by atoms with E-state index in [4.69, 9.17) is 27.5 Å². The number of nitrogens with one attached hydrogen (secondary N) is 2. The Hall–Kier alpha value is -3.39. The van der Waals surface area contributed by atoms with E-state index < -0.39 is 6.10 Å². The minimum atomic E-state index is -0.425. The summed E-state index contributed by atoms with van der Waals surface area (Å²) in [7, 11) is 0. The number of benzene rings is 3. The second-order valence-corrected chi connectivity index (χ2v) is 11.7. The Morgan fingerprint density at radius 1 is 1.07 bits per heavy atom. The van der Waals surface area contributed by atoms with Crippen LogP contribution in [-0.2, 0) is 11.3 Å². The maximum Gasteiger partial charge on any atom is 0.251 e. The first-order valence-corrected chi connectivity index (χ1v) is 14.5. The lowest BCUT2D eigenvalue weighted by Gasteiger charge is -2.42. The third kappa shape index (κ3) is 9.05. The first-order chi connectivity index (χ1) is 19.5. The van der Waals surface area contributed by atoms with E-state index in [0.29, 0.717) is 53.6 Å². The minimum Gasteiger partial charge on any atom is -0.398 e. The molecule has 1 aliphatic heterocycles. The molecule has 1 aliphatic rings. The van der Waals surface area contributed by atoms with Gasteiger partial charge in [0, 0.05) is 45.7 Å². The van der Waals surface area contributed by atoms with Crippen LogP contribution in [0.15, 0.2) is 66.7 Å². The Labute approximate surface area is 249 Å². The second-order valence-electron chi connectivity index (χ2n) is 11.3. The molecule has 3 atom stereocenters. The number of ether oxygens (including phenoxy) is 1. The van der Waals surface area contributed by atoms with Crippen molar-refractivity contribution < 1.29 is 14.6 Å². The predicted molar refractivity (Wildman–Crippen MR) is 169 cm³/mol. The third-order valence-corrected chi connectivity index (χ3v) is 6.96. The molecule has 0 aromatic heterocycles. The minimum absolute atomic E-state index is 0.0747. The molecule has 4 rings (SSSR count). The fourth-order valence-corrected chi connectivity index (χ4v) is 4.93. The van der Waals surface area contributed by atoms with Gasteiger partial charge in [0.25, 0.3) is 5.91 Å². The van der Waals surface area contributed by atoms with Gasteiger partial charge in [-0.05, 0) is 68.1 Å². The van der Waals surface area contributed by atoms with E-state index in [0.717, 1.165) is 17.2 Å². The molecule has 3 unspecified atom stereocenters. The zero-order valence-corrected chi connectivity index (χ0v) is 25.4. The highest BCUT2D eigenvalue weighted by atomic mass is 35.5. The number of anilines is 2. The molecular formula is C33H43ClN4O3. The van der Waals surface area contributed by atoms with Gasteiger partial charge in [-0.25, -0.2) is 0 Å². The lowest BCUT2D eigenvalue weighted by atomic mass is 9.97. The summed E-state index contributed by atoms with van der Waals surface area (Å²) >= 11 is 6.19. The number of carbonyl (C=O) groups is 1. The smallest absolute Gasteiger partial charge is 0.251 e. The molecule has 0 aliphatic carbocycles. The molecule has 41 heavy (non-hydrogen) atoms. The van der Waals surface area contributed by atoms with Gasteiger partial charge in [0.15, 0.2) is 0 Å². The number of hydrogen-bond acceptors (Lipinski definition) is 6. The fraction of sp³-hybridized carbons (Fsp3) is 0.394. The maximum atomic E-state index is 12.8. The van der Waals surface area contributed by atoms with Gasteiger partial charge in [-0.1, -0.05) is 62.7 Å². The number of aliphatic hydroxyl groups is 1. The number of amides is 1. The summed E-state index contributed by atoms with van der Waals surface area (Å²) in [5.41, 5.74) is 10.3. The van der Waals surface area contributed by atoms with Crippen LogP contribution in [0.5, 0.6) is 0 Å². The van der Waals surface area contributed by atoms with Gasteiger partial charge >= 0.3 is 0 Å². The van der Waals surface area contributed by atoms with Gasteiger partial charge in [0.05, 0.1) is 31.1 Å². The Morgan fingerprint density at radius 3 is 2.34 bits per heavy atom. The molecule has 0 saturated carbocycles. The Balaban J connectivity index is 0.00000108. The molecule has 0 spiro atoms. The Kier molecular flexibility index (Phi) is 11.8. The van der Waals surface area contributed by atoms with Crippen LogP contribution < -0.4 is 16.0 Å². The van der Waals surface area contributed by atoms with Crippen LogP contribution in [0.25, 0.3) is 0 Å². The monoisotopic (exact) mass is 578 g/mol. The first-order valence-electron chi connectivity index (χ1n) is 14.1.